The van der Waals surface area contributed by atoms with Gasteiger partial charge < -0.3 is 4.74 Å². The van der Waals surface area contributed by atoms with E-state index in [1.807, 2.05) is 6.07 Å². The van der Waals surface area contributed by atoms with Crippen molar-refractivity contribution < 1.29 is 13.5 Å². The van der Waals surface area contributed by atoms with E-state index in [1.165, 1.54) is 0 Å². The largest absolute Gasteiger partial charge is 0.470 e. The van der Waals surface area contributed by atoms with Crippen molar-refractivity contribution in [3.8, 4) is 11.9 Å². The van der Waals surface area contributed by atoms with E-state index in [0.29, 0.717) is 11.3 Å². The van der Waals surface area contributed by atoms with Gasteiger partial charge in [-0.2, -0.15) is 10.4 Å². The normalized spacial score (nSPS) is 10.1. The van der Waals surface area contributed by atoms with Gasteiger partial charge in [0.25, 0.3) is 12.3 Å². The monoisotopic (exact) mass is 213 g/mol. The van der Waals surface area contributed by atoms with E-state index >= 15 is 0 Å². The van der Waals surface area contributed by atoms with E-state index in [9.17, 15) is 8.78 Å². The van der Waals surface area contributed by atoms with Gasteiger partial charge in [0, 0.05) is 0 Å². The number of aryl methyl sites for hydroxylation is 1. The highest BCUT2D eigenvalue weighted by molar-refractivity contribution is 5.44. The van der Waals surface area contributed by atoms with Crippen LogP contribution in [-0.2, 0) is 0 Å². The Balaban J connectivity index is 2.99. The van der Waals surface area contributed by atoms with Crippen molar-refractivity contribution in [3.63, 3.8) is 0 Å². The molecular weight excluding hydrogens is 204 g/mol. The third-order valence-electron chi connectivity index (χ3n) is 1.88. The van der Waals surface area contributed by atoms with E-state index in [2.05, 4.69) is 14.9 Å². The van der Waals surface area contributed by atoms with E-state index in [0.717, 1.165) is 0 Å². The van der Waals surface area contributed by atoms with Crippen molar-refractivity contribution in [1.29, 1.82) is 5.26 Å². The summed E-state index contributed by atoms with van der Waals surface area (Å²) in [6.45, 7) is 2.56. The van der Waals surface area contributed by atoms with E-state index in [1.54, 1.807) is 13.8 Å². The molecule has 0 fully saturated rings. The molecule has 0 radical (unpaired) electrons. The Morgan fingerprint density at radius 1 is 1.40 bits per heavy atom. The van der Waals surface area contributed by atoms with Gasteiger partial charge in [0.2, 0.25) is 0 Å². The Hall–Kier alpha value is -1.77. The quantitative estimate of drug-likeness (QED) is 0.765. The lowest BCUT2D eigenvalue weighted by Crippen LogP contribution is -2.11. The summed E-state index contributed by atoms with van der Waals surface area (Å²) in [5.41, 5.74) is 1.33. The van der Waals surface area contributed by atoms with Crippen LogP contribution in [0.1, 0.15) is 16.8 Å². The van der Waals surface area contributed by atoms with Crippen molar-refractivity contribution in [3.05, 3.63) is 16.8 Å². The Morgan fingerprint density at radius 3 is 2.60 bits per heavy atom. The van der Waals surface area contributed by atoms with Crippen molar-refractivity contribution in [2.24, 2.45) is 0 Å². The zero-order valence-corrected chi connectivity index (χ0v) is 8.29. The Kier molecular flexibility index (Phi) is 3.50. The van der Waals surface area contributed by atoms with Gasteiger partial charge in [0.1, 0.15) is 11.6 Å². The molecule has 0 bridgehead atoms. The SMILES string of the molecule is Cc1nnc(OCC(F)F)c(C#N)c1C. The summed E-state index contributed by atoms with van der Waals surface area (Å²) in [6, 6.07) is 1.86. The highest BCUT2D eigenvalue weighted by atomic mass is 19.3. The van der Waals surface area contributed by atoms with Gasteiger partial charge in [-0.1, -0.05) is 0 Å². The van der Waals surface area contributed by atoms with Crippen molar-refractivity contribution in [1.82, 2.24) is 10.2 Å². The van der Waals surface area contributed by atoms with Crippen molar-refractivity contribution in [2.75, 3.05) is 6.61 Å². The number of alkyl halides is 2. The third kappa shape index (κ3) is 2.59. The number of rotatable bonds is 3. The molecular formula is C9H9F2N3O. The average molecular weight is 213 g/mol. The lowest BCUT2D eigenvalue weighted by atomic mass is 10.1. The Labute approximate surface area is 85.5 Å². The molecule has 0 aromatic carbocycles. The third-order valence-corrected chi connectivity index (χ3v) is 1.88. The van der Waals surface area contributed by atoms with Gasteiger partial charge in [-0.3, -0.25) is 0 Å². The highest BCUT2D eigenvalue weighted by Crippen LogP contribution is 2.19. The topological polar surface area (TPSA) is 58.8 Å². The van der Waals surface area contributed by atoms with Crippen molar-refractivity contribution >= 4 is 0 Å². The number of hydrogen-bond acceptors (Lipinski definition) is 4. The van der Waals surface area contributed by atoms with Crippen LogP contribution in [0.2, 0.25) is 0 Å². The van der Waals surface area contributed by atoms with Gasteiger partial charge in [-0.05, 0) is 19.4 Å². The van der Waals surface area contributed by atoms with Gasteiger partial charge >= 0.3 is 0 Å². The molecule has 6 heteroatoms. The van der Waals surface area contributed by atoms with Gasteiger partial charge in [0.15, 0.2) is 6.61 Å². The van der Waals surface area contributed by atoms with Crippen LogP contribution < -0.4 is 4.74 Å². The van der Waals surface area contributed by atoms with Crippen LogP contribution in [0.3, 0.4) is 0 Å². The second-order valence-electron chi connectivity index (χ2n) is 2.90. The molecule has 80 valence electrons. The summed E-state index contributed by atoms with van der Waals surface area (Å²) < 4.78 is 28.4. The fourth-order valence-electron chi connectivity index (χ4n) is 0.961. The highest BCUT2D eigenvalue weighted by Gasteiger charge is 2.13. The molecule has 0 amide bonds. The van der Waals surface area contributed by atoms with E-state index < -0.39 is 13.0 Å². The molecule has 1 rings (SSSR count). The van der Waals surface area contributed by atoms with Gasteiger partial charge in [-0.15, -0.1) is 5.10 Å². The van der Waals surface area contributed by atoms with Gasteiger partial charge in [-0.25, -0.2) is 8.78 Å². The maximum atomic E-state index is 11.9. The first-order valence-corrected chi connectivity index (χ1v) is 4.21. The van der Waals surface area contributed by atoms with Crippen molar-refractivity contribution in [2.45, 2.75) is 20.3 Å². The van der Waals surface area contributed by atoms with Crippen LogP contribution in [0.15, 0.2) is 0 Å². The number of nitriles is 1. The first kappa shape index (κ1) is 11.3. The van der Waals surface area contributed by atoms with Crippen LogP contribution in [0.5, 0.6) is 5.88 Å². The van der Waals surface area contributed by atoms with Crippen LogP contribution in [0.4, 0.5) is 8.78 Å². The summed E-state index contributed by atoms with van der Waals surface area (Å²) in [7, 11) is 0. The van der Waals surface area contributed by atoms with Crippen LogP contribution >= 0.6 is 0 Å². The molecule has 4 nitrogen and oxygen atoms in total. The number of aromatic nitrogens is 2. The molecule has 15 heavy (non-hydrogen) atoms. The zero-order valence-electron chi connectivity index (χ0n) is 8.29. The summed E-state index contributed by atoms with van der Waals surface area (Å²) in [4.78, 5) is 0. The molecule has 0 aliphatic heterocycles. The molecule has 0 N–H and O–H groups in total. The molecule has 0 saturated carbocycles. The fraction of sp³-hybridized carbons (Fsp3) is 0.444. The second kappa shape index (κ2) is 4.64. The summed E-state index contributed by atoms with van der Waals surface area (Å²) in [5, 5.41) is 16.1. The summed E-state index contributed by atoms with van der Waals surface area (Å²) >= 11 is 0. The minimum Gasteiger partial charge on any atom is -0.470 e. The number of hydrogen-bond donors (Lipinski definition) is 0. The molecule has 0 saturated heterocycles. The first-order chi connectivity index (χ1) is 7.06. The lowest BCUT2D eigenvalue weighted by Gasteiger charge is -2.07. The summed E-state index contributed by atoms with van der Waals surface area (Å²) in [5.74, 6) is -0.138. The van der Waals surface area contributed by atoms with Crippen LogP contribution in [0.25, 0.3) is 0 Å². The number of nitrogens with zero attached hydrogens (tertiary/aromatic N) is 3. The minimum atomic E-state index is -2.60. The standard InChI is InChI=1S/C9H9F2N3O/c1-5-6(2)13-14-9(7(5)3-12)15-4-8(10)11/h8H,4H2,1-2H3. The second-order valence-corrected chi connectivity index (χ2v) is 2.90. The number of halogens is 2. The van der Waals surface area contributed by atoms with E-state index in [-0.39, 0.29) is 11.4 Å². The molecule has 0 atom stereocenters. The maximum Gasteiger partial charge on any atom is 0.272 e. The molecule has 1 heterocycles. The minimum absolute atomic E-state index is 0.138. The predicted octanol–water partition coefficient (Wildman–Crippen LogP) is 1.61. The fourth-order valence-corrected chi connectivity index (χ4v) is 0.961. The molecule has 0 aliphatic rings. The lowest BCUT2D eigenvalue weighted by molar-refractivity contribution is 0.0788. The van der Waals surface area contributed by atoms with Crippen LogP contribution in [0, 0.1) is 25.2 Å². The average Bonchev–Trinajstić information content (AvgIpc) is 2.19. The number of ether oxygens (including phenoxy) is 1. The van der Waals surface area contributed by atoms with Gasteiger partial charge in [0.05, 0.1) is 5.69 Å². The molecule has 0 unspecified atom stereocenters. The summed E-state index contributed by atoms with van der Waals surface area (Å²) in [6.07, 6.45) is -2.60. The Bertz CT molecular complexity index is 401. The molecule has 0 spiro atoms. The molecule has 0 aliphatic carbocycles. The van der Waals surface area contributed by atoms with E-state index in [4.69, 9.17) is 5.26 Å². The predicted molar refractivity (Wildman–Crippen MR) is 47.7 cm³/mol. The van der Waals surface area contributed by atoms with Crippen LogP contribution in [-0.4, -0.2) is 23.2 Å². The zero-order chi connectivity index (χ0) is 11.4. The Morgan fingerprint density at radius 2 is 2.07 bits per heavy atom. The maximum absolute atomic E-state index is 11.9. The first-order valence-electron chi connectivity index (χ1n) is 4.21. The molecule has 1 aromatic rings. The smallest absolute Gasteiger partial charge is 0.272 e. The molecule has 1 aromatic heterocycles.